The zero-order valence-electron chi connectivity index (χ0n) is 17.7. The summed E-state index contributed by atoms with van der Waals surface area (Å²) >= 11 is 0. The van der Waals surface area contributed by atoms with Crippen LogP contribution in [0.25, 0.3) is 5.82 Å². The van der Waals surface area contributed by atoms with Crippen LogP contribution in [0.2, 0.25) is 0 Å². The molecule has 7 heteroatoms. The van der Waals surface area contributed by atoms with Crippen molar-refractivity contribution in [3.05, 3.63) is 71.7 Å². The normalized spacial score (nSPS) is 10.5. The molecule has 0 saturated heterocycles. The molecule has 0 spiro atoms. The highest BCUT2D eigenvalue weighted by atomic mass is 16.5. The molecule has 2 heterocycles. The molecule has 0 fully saturated rings. The van der Waals surface area contributed by atoms with Crippen molar-refractivity contribution in [2.45, 2.75) is 20.8 Å². The summed E-state index contributed by atoms with van der Waals surface area (Å²) in [7, 11) is 1.57. The van der Waals surface area contributed by atoms with Crippen molar-refractivity contribution >= 4 is 17.5 Å². The fourth-order valence-electron chi connectivity index (χ4n) is 3.39. The molecule has 0 atom stereocenters. The molecule has 1 aromatic carbocycles. The smallest absolute Gasteiger partial charge is 0.256 e. The van der Waals surface area contributed by atoms with Gasteiger partial charge in [0.2, 0.25) is 5.91 Å². The van der Waals surface area contributed by atoms with Crippen LogP contribution in [0.15, 0.2) is 54.7 Å². The first-order valence-corrected chi connectivity index (χ1v) is 9.78. The summed E-state index contributed by atoms with van der Waals surface area (Å²) in [6.45, 7) is 6.05. The number of carbonyl (C=O) groups is 2. The molecule has 7 nitrogen and oxygen atoms in total. The summed E-state index contributed by atoms with van der Waals surface area (Å²) < 4.78 is 7.12. The van der Waals surface area contributed by atoms with Crippen LogP contribution in [0.1, 0.15) is 28.7 Å². The lowest BCUT2D eigenvalue weighted by atomic mass is 10.2. The summed E-state index contributed by atoms with van der Waals surface area (Å²) in [5.41, 5.74) is 2.89. The number of ether oxygens (including phenoxy) is 1. The summed E-state index contributed by atoms with van der Waals surface area (Å²) in [4.78, 5) is 31.6. The zero-order valence-corrected chi connectivity index (χ0v) is 17.7. The lowest BCUT2D eigenvalue weighted by molar-refractivity contribution is -0.116. The van der Waals surface area contributed by atoms with Crippen LogP contribution >= 0.6 is 0 Å². The van der Waals surface area contributed by atoms with Crippen LogP contribution in [0.4, 0.5) is 5.69 Å². The Balaban J connectivity index is 1.77. The Morgan fingerprint density at radius 3 is 2.60 bits per heavy atom. The Morgan fingerprint density at radius 1 is 1.13 bits per heavy atom. The Hall–Kier alpha value is -3.61. The number of methoxy groups -OCH3 is 1. The maximum atomic E-state index is 13.2. The van der Waals surface area contributed by atoms with Crippen molar-refractivity contribution in [1.29, 1.82) is 0 Å². The van der Waals surface area contributed by atoms with E-state index in [2.05, 4.69) is 10.3 Å². The lowest BCUT2D eigenvalue weighted by Crippen LogP contribution is -2.38. The van der Waals surface area contributed by atoms with Crippen molar-refractivity contribution in [1.82, 2.24) is 14.5 Å². The van der Waals surface area contributed by atoms with Gasteiger partial charge in [-0.25, -0.2) is 4.98 Å². The maximum Gasteiger partial charge on any atom is 0.256 e. The van der Waals surface area contributed by atoms with Gasteiger partial charge in [-0.3, -0.25) is 9.59 Å². The Kier molecular flexibility index (Phi) is 6.51. The number of nitrogens with one attached hydrogen (secondary N) is 1. The highest BCUT2D eigenvalue weighted by Gasteiger charge is 2.23. The van der Waals surface area contributed by atoms with E-state index in [4.69, 9.17) is 4.74 Å². The average Bonchev–Trinajstić information content (AvgIpc) is 3.06. The molecule has 0 aliphatic carbocycles. The number of carbonyl (C=O) groups excluding carboxylic acids is 2. The average molecular weight is 406 g/mol. The lowest BCUT2D eigenvalue weighted by Gasteiger charge is -2.20. The van der Waals surface area contributed by atoms with Gasteiger partial charge in [0.05, 0.1) is 12.7 Å². The summed E-state index contributed by atoms with van der Waals surface area (Å²) in [6.07, 6.45) is 1.72. The number of nitrogens with zero attached hydrogens (tertiary/aromatic N) is 3. The number of aryl methyl sites for hydroxylation is 1. The molecule has 0 bridgehead atoms. The second-order valence-electron chi connectivity index (χ2n) is 6.91. The van der Waals surface area contributed by atoms with E-state index >= 15 is 0 Å². The Bertz CT molecular complexity index is 1040. The van der Waals surface area contributed by atoms with Crippen LogP contribution in [-0.4, -0.2) is 46.5 Å². The third-order valence-electron chi connectivity index (χ3n) is 4.90. The van der Waals surface area contributed by atoms with Gasteiger partial charge in [0.1, 0.15) is 18.1 Å². The van der Waals surface area contributed by atoms with E-state index in [1.54, 1.807) is 37.6 Å². The van der Waals surface area contributed by atoms with E-state index in [1.165, 1.54) is 4.90 Å². The second kappa shape index (κ2) is 9.26. The molecular weight excluding hydrogens is 380 g/mol. The molecule has 0 radical (unpaired) electrons. The van der Waals surface area contributed by atoms with Crippen molar-refractivity contribution < 1.29 is 14.3 Å². The van der Waals surface area contributed by atoms with Gasteiger partial charge >= 0.3 is 0 Å². The van der Waals surface area contributed by atoms with E-state index in [0.29, 0.717) is 23.5 Å². The molecule has 156 valence electrons. The van der Waals surface area contributed by atoms with Gasteiger partial charge in [-0.05, 0) is 51.1 Å². The highest BCUT2D eigenvalue weighted by molar-refractivity contribution is 6.00. The third kappa shape index (κ3) is 4.51. The Morgan fingerprint density at radius 2 is 1.93 bits per heavy atom. The summed E-state index contributed by atoms with van der Waals surface area (Å²) in [5, 5.41) is 2.82. The number of benzene rings is 1. The first-order valence-electron chi connectivity index (χ1n) is 9.78. The molecule has 3 rings (SSSR count). The number of rotatable bonds is 7. The van der Waals surface area contributed by atoms with E-state index in [-0.39, 0.29) is 18.4 Å². The first-order chi connectivity index (χ1) is 14.4. The standard InChI is InChI=1S/C23H26N4O3/c1-5-26(15-22(28)25-18-9-8-10-19(14-18)30-4)23(29)20-13-16(2)27(17(20)3)21-11-6-7-12-24-21/h6-14H,5,15H2,1-4H3,(H,25,28). The Labute approximate surface area is 176 Å². The van der Waals surface area contributed by atoms with Gasteiger partial charge in [-0.2, -0.15) is 0 Å². The minimum atomic E-state index is -0.267. The quantitative estimate of drug-likeness (QED) is 0.650. The zero-order chi connectivity index (χ0) is 21.7. The van der Waals surface area contributed by atoms with Gasteiger partial charge < -0.3 is 19.5 Å². The SMILES string of the molecule is CCN(CC(=O)Nc1cccc(OC)c1)C(=O)c1cc(C)n(-c2ccccn2)c1C. The van der Waals surface area contributed by atoms with Gasteiger partial charge in [-0.15, -0.1) is 0 Å². The van der Waals surface area contributed by atoms with Crippen LogP contribution in [0, 0.1) is 13.8 Å². The second-order valence-corrected chi connectivity index (χ2v) is 6.91. The number of likely N-dealkylation sites (N-methyl/N-ethyl adjacent to an activating group) is 1. The van der Waals surface area contributed by atoms with E-state index in [9.17, 15) is 9.59 Å². The van der Waals surface area contributed by atoms with E-state index < -0.39 is 0 Å². The van der Waals surface area contributed by atoms with Crippen molar-refractivity contribution in [3.63, 3.8) is 0 Å². The van der Waals surface area contributed by atoms with Crippen molar-refractivity contribution in [2.24, 2.45) is 0 Å². The number of aromatic nitrogens is 2. The van der Waals surface area contributed by atoms with Gasteiger partial charge in [0.15, 0.2) is 0 Å². The predicted octanol–water partition coefficient (Wildman–Crippen LogP) is 3.60. The number of hydrogen-bond acceptors (Lipinski definition) is 4. The van der Waals surface area contributed by atoms with E-state index in [1.807, 2.05) is 49.6 Å². The summed E-state index contributed by atoms with van der Waals surface area (Å²) in [6, 6.07) is 14.6. The van der Waals surface area contributed by atoms with Crippen LogP contribution < -0.4 is 10.1 Å². The molecular formula is C23H26N4O3. The van der Waals surface area contributed by atoms with Crippen LogP contribution in [-0.2, 0) is 4.79 Å². The van der Waals surface area contributed by atoms with Gasteiger partial charge in [0, 0.05) is 35.9 Å². The fraction of sp³-hybridized carbons (Fsp3) is 0.261. The van der Waals surface area contributed by atoms with E-state index in [0.717, 1.165) is 17.2 Å². The summed E-state index contributed by atoms with van der Waals surface area (Å²) in [5.74, 6) is 0.953. The number of pyridine rings is 1. The molecule has 0 aliphatic rings. The van der Waals surface area contributed by atoms with Crippen molar-refractivity contribution in [2.75, 3.05) is 25.5 Å². The fourth-order valence-corrected chi connectivity index (χ4v) is 3.39. The number of hydrogen-bond donors (Lipinski definition) is 1. The largest absolute Gasteiger partial charge is 0.497 e. The van der Waals surface area contributed by atoms with Gasteiger partial charge in [0.25, 0.3) is 5.91 Å². The van der Waals surface area contributed by atoms with Gasteiger partial charge in [-0.1, -0.05) is 12.1 Å². The van der Waals surface area contributed by atoms with Crippen LogP contribution in [0.5, 0.6) is 5.75 Å². The number of anilines is 1. The molecule has 0 aliphatic heterocycles. The molecule has 2 amide bonds. The highest BCUT2D eigenvalue weighted by Crippen LogP contribution is 2.21. The minimum absolute atomic E-state index is 0.0419. The maximum absolute atomic E-state index is 13.2. The minimum Gasteiger partial charge on any atom is -0.497 e. The molecule has 3 aromatic rings. The monoisotopic (exact) mass is 406 g/mol. The molecule has 0 saturated carbocycles. The molecule has 30 heavy (non-hydrogen) atoms. The predicted molar refractivity (Wildman–Crippen MR) is 116 cm³/mol. The third-order valence-corrected chi connectivity index (χ3v) is 4.90. The molecule has 0 unspecified atom stereocenters. The molecule has 1 N–H and O–H groups in total. The van der Waals surface area contributed by atoms with Crippen molar-refractivity contribution in [3.8, 4) is 11.6 Å². The number of amides is 2. The van der Waals surface area contributed by atoms with Crippen LogP contribution in [0.3, 0.4) is 0 Å². The topological polar surface area (TPSA) is 76.5 Å². The molecule has 2 aromatic heterocycles. The first kappa shape index (κ1) is 21.1.